The number of hydrogen-bond donors (Lipinski definition) is 1. The van der Waals surface area contributed by atoms with Crippen molar-refractivity contribution in [3.63, 3.8) is 0 Å². The number of rotatable bonds is 6. The van der Waals surface area contributed by atoms with E-state index < -0.39 is 0 Å². The van der Waals surface area contributed by atoms with Crippen LogP contribution < -0.4 is 5.32 Å². The molecule has 2 nitrogen and oxygen atoms in total. The van der Waals surface area contributed by atoms with Gasteiger partial charge in [0.05, 0.1) is 5.60 Å². The van der Waals surface area contributed by atoms with Gasteiger partial charge in [-0.15, -0.1) is 0 Å². The Kier molecular flexibility index (Phi) is 5.84. The molecule has 0 radical (unpaired) electrons. The minimum absolute atomic E-state index is 0.0613. The molecule has 2 aromatic carbocycles. The molecule has 0 spiro atoms. The van der Waals surface area contributed by atoms with Gasteiger partial charge in [0.15, 0.2) is 0 Å². The molecular weight excluding hydrogens is 318 g/mol. The van der Waals surface area contributed by atoms with Crippen molar-refractivity contribution in [3.8, 4) is 0 Å². The fourth-order valence-corrected chi connectivity index (χ4v) is 4.38. The van der Waals surface area contributed by atoms with Crippen LogP contribution in [0, 0.1) is 6.92 Å². The van der Waals surface area contributed by atoms with Crippen LogP contribution in [-0.4, -0.2) is 18.8 Å². The summed E-state index contributed by atoms with van der Waals surface area (Å²) in [6.07, 6.45) is 3.31. The Balaban J connectivity index is 1.73. The second-order valence-corrected chi connectivity index (χ2v) is 8.52. The van der Waals surface area contributed by atoms with Gasteiger partial charge in [-0.1, -0.05) is 60.2 Å². The lowest BCUT2D eigenvalue weighted by Crippen LogP contribution is -2.45. The highest BCUT2D eigenvalue weighted by Gasteiger charge is 2.41. The molecule has 1 unspecified atom stereocenters. The third-order valence-corrected chi connectivity index (χ3v) is 5.86. The Labute approximate surface area is 159 Å². The molecule has 0 aliphatic carbocycles. The molecule has 2 atom stereocenters. The first-order valence-electron chi connectivity index (χ1n) is 9.90. The van der Waals surface area contributed by atoms with Crippen molar-refractivity contribution in [1.29, 1.82) is 0 Å². The second-order valence-electron chi connectivity index (χ2n) is 8.52. The van der Waals surface area contributed by atoms with Crippen LogP contribution in [0.1, 0.15) is 62.8 Å². The highest BCUT2D eigenvalue weighted by Crippen LogP contribution is 2.44. The lowest BCUT2D eigenvalue weighted by molar-refractivity contribution is -0.0840. The van der Waals surface area contributed by atoms with Crippen LogP contribution in [-0.2, 0) is 10.2 Å². The van der Waals surface area contributed by atoms with E-state index in [0.29, 0.717) is 6.04 Å². The minimum Gasteiger partial charge on any atom is -0.376 e. The average molecular weight is 352 g/mol. The molecular formula is C24H33NO. The van der Waals surface area contributed by atoms with Crippen LogP contribution in [0.2, 0.25) is 0 Å². The zero-order chi connectivity index (χ0) is 18.6. The summed E-state index contributed by atoms with van der Waals surface area (Å²) in [6, 6.07) is 20.2. The zero-order valence-corrected chi connectivity index (χ0v) is 16.7. The van der Waals surface area contributed by atoms with Gasteiger partial charge in [-0.25, -0.2) is 0 Å². The second kappa shape index (κ2) is 7.94. The van der Waals surface area contributed by atoms with E-state index in [-0.39, 0.29) is 11.0 Å². The van der Waals surface area contributed by atoms with Gasteiger partial charge in [0, 0.05) is 18.1 Å². The van der Waals surface area contributed by atoms with Gasteiger partial charge < -0.3 is 10.1 Å². The molecule has 0 bridgehead atoms. The molecule has 1 N–H and O–H groups in total. The van der Waals surface area contributed by atoms with Crippen LogP contribution in [0.25, 0.3) is 0 Å². The summed E-state index contributed by atoms with van der Waals surface area (Å²) >= 11 is 0. The van der Waals surface area contributed by atoms with E-state index in [1.165, 1.54) is 16.7 Å². The summed E-state index contributed by atoms with van der Waals surface area (Å²) in [6.45, 7) is 10.7. The van der Waals surface area contributed by atoms with E-state index >= 15 is 0 Å². The molecule has 1 fully saturated rings. The average Bonchev–Trinajstić information content (AvgIpc) is 2.62. The summed E-state index contributed by atoms with van der Waals surface area (Å²) in [7, 11) is 0. The zero-order valence-electron chi connectivity index (χ0n) is 16.7. The Morgan fingerprint density at radius 3 is 2.38 bits per heavy atom. The highest BCUT2D eigenvalue weighted by molar-refractivity contribution is 5.30. The van der Waals surface area contributed by atoms with Crippen LogP contribution in [0.4, 0.5) is 0 Å². The summed E-state index contributed by atoms with van der Waals surface area (Å²) in [5.41, 5.74) is 4.27. The van der Waals surface area contributed by atoms with Crippen molar-refractivity contribution in [3.05, 3.63) is 71.3 Å². The maximum absolute atomic E-state index is 6.04. The van der Waals surface area contributed by atoms with Crippen LogP contribution in [0.3, 0.4) is 0 Å². The van der Waals surface area contributed by atoms with Gasteiger partial charge in [0.25, 0.3) is 0 Å². The molecule has 0 saturated carbocycles. The Hall–Kier alpha value is -1.64. The SMILES string of the molecule is Cc1ccc(C2(CCN[C@H](C)c3ccccc3)CCOC(C)(C)C2)cc1. The molecule has 0 aromatic heterocycles. The first-order valence-corrected chi connectivity index (χ1v) is 9.90. The van der Waals surface area contributed by atoms with E-state index in [1.54, 1.807) is 0 Å². The van der Waals surface area contributed by atoms with Gasteiger partial charge in [-0.3, -0.25) is 0 Å². The monoisotopic (exact) mass is 351 g/mol. The summed E-state index contributed by atoms with van der Waals surface area (Å²) < 4.78 is 6.04. The maximum atomic E-state index is 6.04. The summed E-state index contributed by atoms with van der Waals surface area (Å²) in [5.74, 6) is 0. The topological polar surface area (TPSA) is 21.3 Å². The fraction of sp³-hybridized carbons (Fsp3) is 0.500. The number of nitrogens with one attached hydrogen (secondary N) is 1. The normalized spacial score (nSPS) is 23.5. The van der Waals surface area contributed by atoms with Crippen LogP contribution in [0.5, 0.6) is 0 Å². The Morgan fingerprint density at radius 1 is 1.04 bits per heavy atom. The molecule has 26 heavy (non-hydrogen) atoms. The van der Waals surface area contributed by atoms with Crippen LogP contribution in [0.15, 0.2) is 54.6 Å². The Bertz CT molecular complexity index is 692. The molecule has 2 heteroatoms. The third kappa shape index (κ3) is 4.55. The van der Waals surface area contributed by atoms with E-state index in [2.05, 4.69) is 87.6 Å². The molecule has 140 valence electrons. The highest BCUT2D eigenvalue weighted by atomic mass is 16.5. The molecule has 1 heterocycles. The van der Waals surface area contributed by atoms with Crippen molar-refractivity contribution in [2.75, 3.05) is 13.2 Å². The quantitative estimate of drug-likeness (QED) is 0.735. The van der Waals surface area contributed by atoms with Gasteiger partial charge in [-0.05, 0) is 64.6 Å². The first kappa shape index (κ1) is 19.1. The van der Waals surface area contributed by atoms with Crippen LogP contribution >= 0.6 is 0 Å². The largest absolute Gasteiger partial charge is 0.376 e. The van der Waals surface area contributed by atoms with Crippen molar-refractivity contribution < 1.29 is 4.74 Å². The van der Waals surface area contributed by atoms with Gasteiger partial charge in [-0.2, -0.15) is 0 Å². The lowest BCUT2D eigenvalue weighted by atomic mass is 9.67. The molecule has 3 rings (SSSR count). The van der Waals surface area contributed by atoms with E-state index in [0.717, 1.165) is 32.4 Å². The van der Waals surface area contributed by atoms with Crippen molar-refractivity contribution in [1.82, 2.24) is 5.32 Å². The number of aryl methyl sites for hydroxylation is 1. The summed E-state index contributed by atoms with van der Waals surface area (Å²) in [4.78, 5) is 0. The predicted octanol–water partition coefficient (Wildman–Crippen LogP) is 5.56. The standard InChI is InChI=1S/C24H33NO/c1-19-10-12-22(13-11-19)24(15-17-26-23(3,4)18-24)14-16-25-20(2)21-8-6-5-7-9-21/h5-13,20,25H,14-18H2,1-4H3/t20-,24?/m1/s1. The fourth-order valence-electron chi connectivity index (χ4n) is 4.38. The van der Waals surface area contributed by atoms with Gasteiger partial charge in [0.1, 0.15) is 0 Å². The smallest absolute Gasteiger partial charge is 0.0635 e. The van der Waals surface area contributed by atoms with Gasteiger partial charge in [0.2, 0.25) is 0 Å². The molecule has 2 aromatic rings. The molecule has 1 saturated heterocycles. The predicted molar refractivity (Wildman–Crippen MR) is 110 cm³/mol. The first-order chi connectivity index (χ1) is 12.4. The molecule has 1 aliphatic heterocycles. The summed E-state index contributed by atoms with van der Waals surface area (Å²) in [5, 5.41) is 3.74. The molecule has 0 amide bonds. The van der Waals surface area contributed by atoms with Crippen molar-refractivity contribution >= 4 is 0 Å². The number of hydrogen-bond acceptors (Lipinski definition) is 2. The third-order valence-electron chi connectivity index (χ3n) is 5.86. The maximum Gasteiger partial charge on any atom is 0.0635 e. The lowest BCUT2D eigenvalue weighted by Gasteiger charge is -2.46. The van der Waals surface area contributed by atoms with Gasteiger partial charge >= 0.3 is 0 Å². The Morgan fingerprint density at radius 2 is 1.73 bits per heavy atom. The minimum atomic E-state index is -0.0613. The van der Waals surface area contributed by atoms with Crippen molar-refractivity contribution in [2.45, 2.75) is 64.0 Å². The number of benzene rings is 2. The van der Waals surface area contributed by atoms with E-state index in [9.17, 15) is 0 Å². The van der Waals surface area contributed by atoms with Crippen molar-refractivity contribution in [2.24, 2.45) is 0 Å². The molecule has 1 aliphatic rings. The van der Waals surface area contributed by atoms with E-state index in [4.69, 9.17) is 4.74 Å². The van der Waals surface area contributed by atoms with E-state index in [1.807, 2.05) is 0 Å². The number of ether oxygens (including phenoxy) is 1.